The summed E-state index contributed by atoms with van der Waals surface area (Å²) < 4.78 is 0. The normalized spacial score (nSPS) is 11.9. The van der Waals surface area contributed by atoms with E-state index in [2.05, 4.69) is 5.32 Å². The maximum Gasteiger partial charge on any atom is 0.321 e. The van der Waals surface area contributed by atoms with Crippen LogP contribution in [0.4, 0.5) is 5.69 Å². The molecule has 0 radical (unpaired) electrons. The molecule has 1 amide bonds. The third kappa shape index (κ3) is 5.69. The number of nitrogens with one attached hydrogen (secondary N) is 1. The molecular formula is C11H12Cl2N2O3S. The van der Waals surface area contributed by atoms with Crippen molar-refractivity contribution < 1.29 is 14.7 Å². The zero-order valence-corrected chi connectivity index (χ0v) is 12.1. The number of rotatable bonds is 6. The second kappa shape index (κ2) is 7.59. The van der Waals surface area contributed by atoms with Crippen LogP contribution in [0.5, 0.6) is 0 Å². The monoisotopic (exact) mass is 322 g/mol. The van der Waals surface area contributed by atoms with Crippen molar-refractivity contribution in [3.63, 3.8) is 0 Å². The number of carboxylic acid groups (broad SMARTS) is 1. The van der Waals surface area contributed by atoms with Crippen LogP contribution in [0.3, 0.4) is 0 Å². The number of carbonyl (C=O) groups excluding carboxylic acids is 1. The first-order valence-electron chi connectivity index (χ1n) is 5.21. The molecule has 104 valence electrons. The van der Waals surface area contributed by atoms with E-state index < -0.39 is 12.0 Å². The Balaban J connectivity index is 2.43. The SMILES string of the molecule is NC(CSCC(=O)Nc1cc(Cl)ccc1Cl)C(=O)O. The van der Waals surface area contributed by atoms with Gasteiger partial charge in [-0.05, 0) is 18.2 Å². The van der Waals surface area contributed by atoms with Gasteiger partial charge in [-0.2, -0.15) is 0 Å². The molecule has 1 aromatic carbocycles. The summed E-state index contributed by atoms with van der Waals surface area (Å²) in [6, 6.07) is 3.75. The lowest BCUT2D eigenvalue weighted by Gasteiger charge is -2.08. The minimum absolute atomic E-state index is 0.0871. The molecule has 1 atom stereocenters. The molecule has 0 spiro atoms. The van der Waals surface area contributed by atoms with Crippen molar-refractivity contribution in [2.45, 2.75) is 6.04 Å². The molecule has 5 nitrogen and oxygen atoms in total. The van der Waals surface area contributed by atoms with Crippen molar-refractivity contribution in [1.82, 2.24) is 0 Å². The van der Waals surface area contributed by atoms with Crippen LogP contribution in [-0.2, 0) is 9.59 Å². The summed E-state index contributed by atoms with van der Waals surface area (Å²) in [6.07, 6.45) is 0. The van der Waals surface area contributed by atoms with E-state index in [1.165, 1.54) is 6.07 Å². The van der Waals surface area contributed by atoms with Crippen LogP contribution >= 0.6 is 35.0 Å². The number of amides is 1. The van der Waals surface area contributed by atoms with Gasteiger partial charge in [-0.1, -0.05) is 23.2 Å². The molecule has 0 bridgehead atoms. The molecule has 0 saturated carbocycles. The molecule has 19 heavy (non-hydrogen) atoms. The predicted molar refractivity (Wildman–Crippen MR) is 78.0 cm³/mol. The highest BCUT2D eigenvalue weighted by Crippen LogP contribution is 2.25. The smallest absolute Gasteiger partial charge is 0.321 e. The summed E-state index contributed by atoms with van der Waals surface area (Å²) in [5.74, 6) is -1.15. The Bertz CT molecular complexity index is 485. The van der Waals surface area contributed by atoms with E-state index in [-0.39, 0.29) is 17.4 Å². The number of aliphatic carboxylic acids is 1. The molecule has 0 aliphatic heterocycles. The van der Waals surface area contributed by atoms with Crippen LogP contribution < -0.4 is 11.1 Å². The van der Waals surface area contributed by atoms with E-state index in [4.69, 9.17) is 34.0 Å². The van der Waals surface area contributed by atoms with Crippen LogP contribution in [0.25, 0.3) is 0 Å². The van der Waals surface area contributed by atoms with Crippen LogP contribution in [-0.4, -0.2) is 34.5 Å². The first-order valence-corrected chi connectivity index (χ1v) is 7.12. The average Bonchev–Trinajstić information content (AvgIpc) is 2.33. The van der Waals surface area contributed by atoms with Crippen molar-refractivity contribution in [3.8, 4) is 0 Å². The number of hydrogen-bond donors (Lipinski definition) is 3. The second-order valence-corrected chi connectivity index (χ2v) is 5.51. The van der Waals surface area contributed by atoms with Gasteiger partial charge in [-0.25, -0.2) is 0 Å². The maximum absolute atomic E-state index is 11.6. The molecule has 1 unspecified atom stereocenters. The summed E-state index contributed by atoms with van der Waals surface area (Å²) in [5.41, 5.74) is 5.73. The second-order valence-electron chi connectivity index (χ2n) is 3.63. The van der Waals surface area contributed by atoms with Gasteiger partial charge in [0.1, 0.15) is 6.04 Å². The highest BCUT2D eigenvalue weighted by atomic mass is 35.5. The number of halogens is 2. The number of nitrogens with two attached hydrogens (primary N) is 1. The molecule has 0 aromatic heterocycles. The summed E-state index contributed by atoms with van der Waals surface area (Å²) in [5, 5.41) is 12.0. The van der Waals surface area contributed by atoms with Gasteiger partial charge >= 0.3 is 5.97 Å². The highest BCUT2D eigenvalue weighted by Gasteiger charge is 2.13. The largest absolute Gasteiger partial charge is 0.480 e. The topological polar surface area (TPSA) is 92.4 Å². The molecule has 0 heterocycles. The Kier molecular flexibility index (Phi) is 6.44. The predicted octanol–water partition coefficient (Wildman–Crippen LogP) is 2.08. The van der Waals surface area contributed by atoms with Gasteiger partial charge in [0.2, 0.25) is 5.91 Å². The van der Waals surface area contributed by atoms with Gasteiger partial charge in [0.25, 0.3) is 0 Å². The van der Waals surface area contributed by atoms with E-state index in [1.54, 1.807) is 12.1 Å². The number of anilines is 1. The van der Waals surface area contributed by atoms with Crippen molar-refractivity contribution in [1.29, 1.82) is 0 Å². The third-order valence-corrected chi connectivity index (χ3v) is 3.68. The highest BCUT2D eigenvalue weighted by molar-refractivity contribution is 8.00. The van der Waals surface area contributed by atoms with Gasteiger partial charge in [-0.15, -0.1) is 11.8 Å². The summed E-state index contributed by atoms with van der Waals surface area (Å²) in [6.45, 7) is 0. The molecule has 0 aliphatic carbocycles. The van der Waals surface area contributed by atoms with E-state index in [9.17, 15) is 9.59 Å². The number of benzene rings is 1. The summed E-state index contributed by atoms with van der Waals surface area (Å²) in [4.78, 5) is 22.1. The molecule has 0 saturated heterocycles. The van der Waals surface area contributed by atoms with E-state index in [1.807, 2.05) is 0 Å². The van der Waals surface area contributed by atoms with E-state index in [0.717, 1.165) is 11.8 Å². The van der Waals surface area contributed by atoms with E-state index >= 15 is 0 Å². The zero-order valence-electron chi connectivity index (χ0n) is 9.73. The Hall–Kier alpha value is -0.950. The molecular weight excluding hydrogens is 311 g/mol. The van der Waals surface area contributed by atoms with Crippen LogP contribution in [0, 0.1) is 0 Å². The van der Waals surface area contributed by atoms with Gasteiger partial charge in [0.15, 0.2) is 0 Å². The van der Waals surface area contributed by atoms with Crippen molar-refractivity contribution in [3.05, 3.63) is 28.2 Å². The minimum atomic E-state index is -1.09. The van der Waals surface area contributed by atoms with Crippen LogP contribution in [0.1, 0.15) is 0 Å². The molecule has 0 fully saturated rings. The Labute approximate surface area is 124 Å². The van der Waals surface area contributed by atoms with Crippen molar-refractivity contribution in [2.75, 3.05) is 16.8 Å². The third-order valence-electron chi connectivity index (χ3n) is 2.05. The summed E-state index contributed by atoms with van der Waals surface area (Å²) >= 11 is 12.8. The van der Waals surface area contributed by atoms with Gasteiger partial charge in [-0.3, -0.25) is 9.59 Å². The first-order chi connectivity index (χ1) is 8.90. The lowest BCUT2D eigenvalue weighted by atomic mass is 10.3. The Morgan fingerprint density at radius 2 is 2.11 bits per heavy atom. The molecule has 8 heteroatoms. The lowest BCUT2D eigenvalue weighted by Crippen LogP contribution is -2.33. The fraction of sp³-hybridized carbons (Fsp3) is 0.273. The summed E-state index contributed by atoms with van der Waals surface area (Å²) in [7, 11) is 0. The molecule has 1 aromatic rings. The average molecular weight is 323 g/mol. The maximum atomic E-state index is 11.6. The Morgan fingerprint density at radius 3 is 2.74 bits per heavy atom. The number of carbonyl (C=O) groups is 2. The minimum Gasteiger partial charge on any atom is -0.480 e. The van der Waals surface area contributed by atoms with Crippen LogP contribution in [0.2, 0.25) is 10.0 Å². The van der Waals surface area contributed by atoms with Crippen LogP contribution in [0.15, 0.2) is 18.2 Å². The quantitative estimate of drug-likeness (QED) is 0.745. The zero-order chi connectivity index (χ0) is 14.4. The van der Waals surface area contributed by atoms with Crippen molar-refractivity contribution >= 4 is 52.5 Å². The number of hydrogen-bond acceptors (Lipinski definition) is 4. The van der Waals surface area contributed by atoms with Gasteiger partial charge in [0.05, 0.1) is 16.5 Å². The van der Waals surface area contributed by atoms with Gasteiger partial charge in [0, 0.05) is 10.8 Å². The number of carboxylic acids is 1. The lowest BCUT2D eigenvalue weighted by molar-refractivity contribution is -0.137. The number of thioether (sulfide) groups is 1. The standard InChI is InChI=1S/C11H12Cl2N2O3S/c12-6-1-2-7(13)9(3-6)15-10(16)5-19-4-8(14)11(17)18/h1-3,8H,4-5,14H2,(H,15,16)(H,17,18). The fourth-order valence-corrected chi connectivity index (χ4v) is 2.24. The first kappa shape index (κ1) is 16.1. The van der Waals surface area contributed by atoms with Gasteiger partial charge < -0.3 is 16.2 Å². The Morgan fingerprint density at radius 1 is 1.42 bits per heavy atom. The molecule has 0 aliphatic rings. The molecule has 4 N–H and O–H groups in total. The van der Waals surface area contributed by atoms with Crippen molar-refractivity contribution in [2.24, 2.45) is 5.73 Å². The fourth-order valence-electron chi connectivity index (χ4n) is 1.13. The molecule has 1 rings (SSSR count). The van der Waals surface area contributed by atoms with E-state index in [0.29, 0.717) is 15.7 Å².